The van der Waals surface area contributed by atoms with E-state index in [0.29, 0.717) is 5.56 Å². The number of hydrogen-bond acceptors (Lipinski definition) is 6. The van der Waals surface area contributed by atoms with Crippen molar-refractivity contribution in [3.8, 4) is 0 Å². The Morgan fingerprint density at radius 3 is 2.08 bits per heavy atom. The normalized spacial score (nSPS) is 24.8. The predicted molar refractivity (Wildman–Crippen MR) is 88.1 cm³/mol. The molecule has 1 N–H and O–H groups in total. The van der Waals surface area contributed by atoms with E-state index >= 15 is 0 Å². The summed E-state index contributed by atoms with van der Waals surface area (Å²) in [6.07, 6.45) is -6.20. The van der Waals surface area contributed by atoms with Crippen LogP contribution in [-0.4, -0.2) is 48.3 Å². The average molecular weight is 360 g/mol. The molecule has 0 aliphatic carbocycles. The van der Waals surface area contributed by atoms with Gasteiger partial charge in [0.05, 0.1) is 11.1 Å². The molecular formula is C19H17FO6. The minimum absolute atomic E-state index is 0.237. The second kappa shape index (κ2) is 8.07. The van der Waals surface area contributed by atoms with E-state index in [4.69, 9.17) is 14.2 Å². The van der Waals surface area contributed by atoms with Gasteiger partial charge in [0.1, 0.15) is 12.7 Å². The summed E-state index contributed by atoms with van der Waals surface area (Å²) in [5.41, 5.74) is 0.557. The van der Waals surface area contributed by atoms with Crippen LogP contribution < -0.4 is 0 Å². The first-order valence-electron chi connectivity index (χ1n) is 8.02. The van der Waals surface area contributed by atoms with E-state index in [9.17, 15) is 19.1 Å². The maximum atomic E-state index is 14.2. The van der Waals surface area contributed by atoms with E-state index < -0.39 is 36.6 Å². The third-order valence-corrected chi connectivity index (χ3v) is 3.91. The van der Waals surface area contributed by atoms with E-state index in [1.165, 1.54) is 12.1 Å². The minimum Gasteiger partial charge on any atom is -0.459 e. The zero-order valence-electron chi connectivity index (χ0n) is 13.7. The molecule has 2 aromatic rings. The molecule has 0 saturated carbocycles. The number of ether oxygens (including phenoxy) is 3. The third kappa shape index (κ3) is 4.07. The van der Waals surface area contributed by atoms with Crippen LogP contribution in [0, 0.1) is 0 Å². The topological polar surface area (TPSA) is 82.1 Å². The van der Waals surface area contributed by atoms with E-state index in [1.54, 1.807) is 48.5 Å². The molecule has 1 aliphatic rings. The zero-order chi connectivity index (χ0) is 18.5. The van der Waals surface area contributed by atoms with Crippen molar-refractivity contribution in [3.63, 3.8) is 0 Å². The predicted octanol–water partition coefficient (Wildman–Crippen LogP) is 2.12. The van der Waals surface area contributed by atoms with Gasteiger partial charge in [-0.1, -0.05) is 36.4 Å². The van der Waals surface area contributed by atoms with Crippen LogP contribution in [0.4, 0.5) is 4.39 Å². The number of carbonyl (C=O) groups is 2. The largest absolute Gasteiger partial charge is 0.459 e. The molecule has 1 aliphatic heterocycles. The van der Waals surface area contributed by atoms with Crippen LogP contribution in [-0.2, 0) is 14.2 Å². The van der Waals surface area contributed by atoms with Crippen LogP contribution >= 0.6 is 0 Å². The lowest BCUT2D eigenvalue weighted by Crippen LogP contribution is -2.37. The number of esters is 2. The summed E-state index contributed by atoms with van der Waals surface area (Å²) in [5, 5.41) is 9.58. The highest BCUT2D eigenvalue weighted by molar-refractivity contribution is 5.90. The Hall–Kier alpha value is -2.77. The number of alkyl halides is 1. The fraction of sp³-hybridized carbons (Fsp3) is 0.263. The molecular weight excluding hydrogens is 343 g/mol. The monoisotopic (exact) mass is 360 g/mol. The van der Waals surface area contributed by atoms with Gasteiger partial charge in [0, 0.05) is 0 Å². The summed E-state index contributed by atoms with van der Waals surface area (Å²) in [6, 6.07) is 16.3. The summed E-state index contributed by atoms with van der Waals surface area (Å²) in [6.45, 7) is -0.363. The molecule has 0 aromatic heterocycles. The van der Waals surface area contributed by atoms with Crippen LogP contribution in [0.15, 0.2) is 60.7 Å². The molecule has 6 nitrogen and oxygen atoms in total. The quantitative estimate of drug-likeness (QED) is 0.823. The highest BCUT2D eigenvalue weighted by Crippen LogP contribution is 2.26. The third-order valence-electron chi connectivity index (χ3n) is 3.91. The number of hydrogen-bond donors (Lipinski definition) is 1. The molecule has 1 heterocycles. The van der Waals surface area contributed by atoms with Gasteiger partial charge in [0.2, 0.25) is 0 Å². The molecule has 7 heteroatoms. The molecule has 0 radical (unpaired) electrons. The number of carbonyl (C=O) groups excluding carboxylic acids is 2. The molecule has 0 unspecified atom stereocenters. The molecule has 3 rings (SSSR count). The maximum absolute atomic E-state index is 14.2. The molecule has 136 valence electrons. The number of rotatable bonds is 5. The van der Waals surface area contributed by atoms with Crippen molar-refractivity contribution in [2.75, 3.05) is 6.61 Å². The first-order valence-corrected chi connectivity index (χ1v) is 8.02. The SMILES string of the molecule is O=C(OC[C@H]1O[C@@H](O)[C@H](F)[C@H]1OC(=O)c1ccccc1)c1ccccc1. The van der Waals surface area contributed by atoms with Crippen molar-refractivity contribution >= 4 is 11.9 Å². The lowest BCUT2D eigenvalue weighted by molar-refractivity contribution is -0.122. The van der Waals surface area contributed by atoms with Crippen LogP contribution in [0.3, 0.4) is 0 Å². The molecule has 0 bridgehead atoms. The average Bonchev–Trinajstić information content (AvgIpc) is 2.95. The van der Waals surface area contributed by atoms with E-state index in [0.717, 1.165) is 0 Å². The first-order chi connectivity index (χ1) is 12.6. The Bertz CT molecular complexity index is 751. The van der Waals surface area contributed by atoms with Crippen molar-refractivity contribution < 1.29 is 33.3 Å². The summed E-state index contributed by atoms with van der Waals surface area (Å²) in [4.78, 5) is 24.1. The van der Waals surface area contributed by atoms with Gasteiger partial charge in [-0.2, -0.15) is 0 Å². The number of aliphatic hydroxyl groups is 1. The van der Waals surface area contributed by atoms with Gasteiger partial charge in [-0.3, -0.25) is 0 Å². The van der Waals surface area contributed by atoms with E-state index in [1.807, 2.05) is 0 Å². The molecule has 1 saturated heterocycles. The Morgan fingerprint density at radius 2 is 1.50 bits per heavy atom. The fourth-order valence-corrected chi connectivity index (χ4v) is 2.56. The van der Waals surface area contributed by atoms with Gasteiger partial charge >= 0.3 is 11.9 Å². The van der Waals surface area contributed by atoms with Crippen LogP contribution in [0.2, 0.25) is 0 Å². The van der Waals surface area contributed by atoms with Crippen LogP contribution in [0.1, 0.15) is 20.7 Å². The molecule has 0 spiro atoms. The van der Waals surface area contributed by atoms with Gasteiger partial charge in [0.15, 0.2) is 18.6 Å². The van der Waals surface area contributed by atoms with Crippen molar-refractivity contribution in [1.82, 2.24) is 0 Å². The maximum Gasteiger partial charge on any atom is 0.338 e. The van der Waals surface area contributed by atoms with Crippen molar-refractivity contribution in [1.29, 1.82) is 0 Å². The Kier molecular flexibility index (Phi) is 5.60. The summed E-state index contributed by atoms with van der Waals surface area (Å²) in [7, 11) is 0. The minimum atomic E-state index is -1.94. The van der Waals surface area contributed by atoms with Gasteiger partial charge in [-0.05, 0) is 24.3 Å². The molecule has 2 aromatic carbocycles. The van der Waals surface area contributed by atoms with Gasteiger partial charge in [-0.25, -0.2) is 14.0 Å². The lowest BCUT2D eigenvalue weighted by Gasteiger charge is -2.19. The second-order valence-corrected chi connectivity index (χ2v) is 5.71. The van der Waals surface area contributed by atoms with Crippen molar-refractivity contribution in [2.24, 2.45) is 0 Å². The summed E-state index contributed by atoms with van der Waals surface area (Å²) in [5.74, 6) is -1.38. The zero-order valence-corrected chi connectivity index (χ0v) is 13.7. The van der Waals surface area contributed by atoms with Crippen molar-refractivity contribution in [3.05, 3.63) is 71.8 Å². The summed E-state index contributed by atoms with van der Waals surface area (Å²) < 4.78 is 29.4. The van der Waals surface area contributed by atoms with Crippen LogP contribution in [0.25, 0.3) is 0 Å². The molecule has 0 amide bonds. The number of halogens is 1. The Labute approximate surface area is 149 Å². The Morgan fingerprint density at radius 1 is 0.962 bits per heavy atom. The summed E-state index contributed by atoms with van der Waals surface area (Å²) >= 11 is 0. The Balaban J connectivity index is 1.63. The standard InChI is InChI=1S/C19H17FO6/c20-15-16(26-18(22)13-9-5-2-6-10-13)14(25-19(15)23)11-24-17(21)12-7-3-1-4-8-12/h1-10,14-16,19,23H,11H2/t14-,15-,16+,19-/m1/s1. The van der Waals surface area contributed by atoms with Crippen LogP contribution in [0.5, 0.6) is 0 Å². The van der Waals surface area contributed by atoms with E-state index in [-0.39, 0.29) is 12.2 Å². The number of benzene rings is 2. The highest BCUT2D eigenvalue weighted by atomic mass is 19.1. The van der Waals surface area contributed by atoms with Gasteiger partial charge in [-0.15, -0.1) is 0 Å². The van der Waals surface area contributed by atoms with Gasteiger partial charge < -0.3 is 19.3 Å². The molecule has 26 heavy (non-hydrogen) atoms. The lowest BCUT2D eigenvalue weighted by atomic mass is 10.1. The highest BCUT2D eigenvalue weighted by Gasteiger charge is 2.47. The number of aliphatic hydroxyl groups excluding tert-OH is 1. The van der Waals surface area contributed by atoms with Crippen molar-refractivity contribution in [2.45, 2.75) is 24.7 Å². The van der Waals surface area contributed by atoms with E-state index in [2.05, 4.69) is 0 Å². The molecule has 1 fully saturated rings. The molecule has 4 atom stereocenters. The fourth-order valence-electron chi connectivity index (χ4n) is 2.56. The van der Waals surface area contributed by atoms with Gasteiger partial charge in [0.25, 0.3) is 0 Å². The smallest absolute Gasteiger partial charge is 0.338 e. The first kappa shape index (κ1) is 18.0. The second-order valence-electron chi connectivity index (χ2n) is 5.71.